The number of anilines is 1. The molecule has 0 bridgehead atoms. The van der Waals surface area contributed by atoms with Gasteiger partial charge in [-0.3, -0.25) is 4.79 Å². The van der Waals surface area contributed by atoms with Crippen molar-refractivity contribution in [1.82, 2.24) is 4.31 Å². The first-order valence-corrected chi connectivity index (χ1v) is 12.4. The summed E-state index contributed by atoms with van der Waals surface area (Å²) in [6.07, 6.45) is 2.02. The smallest absolute Gasteiger partial charge is 0.255 e. The minimum atomic E-state index is -3.73. The van der Waals surface area contributed by atoms with Gasteiger partial charge < -0.3 is 10.1 Å². The van der Waals surface area contributed by atoms with Crippen LogP contribution in [0.15, 0.2) is 47.4 Å². The average Bonchev–Trinajstić information content (AvgIpc) is 2.70. The molecule has 0 heterocycles. The molecule has 0 atom stereocenters. The van der Waals surface area contributed by atoms with Gasteiger partial charge in [0, 0.05) is 30.1 Å². The van der Waals surface area contributed by atoms with E-state index >= 15 is 0 Å². The predicted molar refractivity (Wildman–Crippen MR) is 119 cm³/mol. The number of carbonyl (C=O) groups is 1. The number of thioether (sulfide) groups is 1. The Morgan fingerprint density at radius 2 is 1.72 bits per heavy atom. The van der Waals surface area contributed by atoms with E-state index in [4.69, 9.17) is 4.74 Å². The van der Waals surface area contributed by atoms with Crippen molar-refractivity contribution in [2.24, 2.45) is 0 Å². The van der Waals surface area contributed by atoms with E-state index in [1.54, 1.807) is 56.8 Å². The number of amides is 1. The number of hydrogen-bond acceptors (Lipinski definition) is 5. The van der Waals surface area contributed by atoms with Crippen LogP contribution >= 0.6 is 11.8 Å². The van der Waals surface area contributed by atoms with Gasteiger partial charge in [0.1, 0.15) is 10.6 Å². The molecule has 0 aromatic heterocycles. The van der Waals surface area contributed by atoms with Crippen LogP contribution in [0.1, 0.15) is 36.7 Å². The molecule has 1 N–H and O–H groups in total. The quantitative estimate of drug-likeness (QED) is 0.603. The minimum absolute atomic E-state index is 0.0520. The van der Waals surface area contributed by atoms with Crippen LogP contribution in [0, 0.1) is 0 Å². The van der Waals surface area contributed by atoms with Crippen molar-refractivity contribution >= 4 is 33.4 Å². The molecule has 0 aliphatic carbocycles. The third kappa shape index (κ3) is 5.74. The van der Waals surface area contributed by atoms with Gasteiger partial charge in [-0.15, -0.1) is 0 Å². The number of benzene rings is 2. The molecule has 2 rings (SSSR count). The number of nitrogens with one attached hydrogen (secondary N) is 1. The van der Waals surface area contributed by atoms with Gasteiger partial charge in [-0.2, -0.15) is 16.1 Å². The number of carbonyl (C=O) groups excluding carboxylic acids is 1. The number of sulfonamides is 1. The Balaban J connectivity index is 2.33. The van der Waals surface area contributed by atoms with Crippen molar-refractivity contribution in [3.8, 4) is 5.75 Å². The summed E-state index contributed by atoms with van der Waals surface area (Å²) >= 11 is 1.71. The molecule has 2 aromatic carbocycles. The highest BCUT2D eigenvalue weighted by atomic mass is 32.2. The zero-order chi connectivity index (χ0) is 21.4. The maximum atomic E-state index is 13.0. The number of nitrogens with zero attached hydrogens (tertiary/aromatic N) is 1. The third-order valence-electron chi connectivity index (χ3n) is 4.35. The van der Waals surface area contributed by atoms with Gasteiger partial charge >= 0.3 is 0 Å². The van der Waals surface area contributed by atoms with E-state index in [1.165, 1.54) is 10.4 Å². The molecule has 0 fully saturated rings. The second-order valence-corrected chi connectivity index (χ2v) is 9.04. The molecule has 1 amide bonds. The summed E-state index contributed by atoms with van der Waals surface area (Å²) in [6.45, 7) is 6.41. The Bertz CT molecular complexity index is 924. The molecule has 0 spiro atoms. The summed E-state index contributed by atoms with van der Waals surface area (Å²) in [5, 5.41) is 2.78. The molecule has 29 heavy (non-hydrogen) atoms. The molecule has 158 valence electrons. The predicted octanol–water partition coefficient (Wildman–Crippen LogP) is 4.23. The van der Waals surface area contributed by atoms with Crippen LogP contribution in [-0.4, -0.2) is 44.6 Å². The lowest BCUT2D eigenvalue weighted by Crippen LogP contribution is -2.31. The molecule has 0 unspecified atom stereocenters. The highest BCUT2D eigenvalue weighted by Crippen LogP contribution is 2.30. The fourth-order valence-corrected chi connectivity index (χ4v) is 5.03. The Morgan fingerprint density at radius 1 is 1.07 bits per heavy atom. The molecular weight excluding hydrogens is 408 g/mol. The Hall–Kier alpha value is -2.03. The normalized spacial score (nSPS) is 11.5. The zero-order valence-electron chi connectivity index (χ0n) is 17.3. The number of rotatable bonds is 10. The van der Waals surface area contributed by atoms with Crippen LogP contribution in [0.5, 0.6) is 5.75 Å². The Labute approximate surface area is 177 Å². The summed E-state index contributed by atoms with van der Waals surface area (Å²) < 4.78 is 32.9. The van der Waals surface area contributed by atoms with Crippen LogP contribution in [0.2, 0.25) is 0 Å². The molecular formula is C21H28N2O4S2. The molecule has 0 radical (unpaired) electrons. The van der Waals surface area contributed by atoms with Crippen LogP contribution in [0.4, 0.5) is 5.69 Å². The lowest BCUT2D eigenvalue weighted by molar-refractivity contribution is 0.102. The fourth-order valence-electron chi connectivity index (χ4n) is 2.89. The van der Waals surface area contributed by atoms with E-state index in [2.05, 4.69) is 5.32 Å². The first-order chi connectivity index (χ1) is 13.9. The summed E-state index contributed by atoms with van der Waals surface area (Å²) in [6, 6.07) is 12.0. The SMILES string of the molecule is CCOc1ccc(NC(=O)c2ccc(CSC)cc2)cc1S(=O)(=O)N(CC)CC. The van der Waals surface area contributed by atoms with E-state index in [1.807, 2.05) is 18.4 Å². The lowest BCUT2D eigenvalue weighted by atomic mass is 10.1. The molecule has 2 aromatic rings. The van der Waals surface area contributed by atoms with Crippen molar-refractivity contribution in [2.75, 3.05) is 31.3 Å². The lowest BCUT2D eigenvalue weighted by Gasteiger charge is -2.21. The molecule has 0 aliphatic rings. The van der Waals surface area contributed by atoms with Gasteiger partial charge in [0.25, 0.3) is 5.91 Å². The van der Waals surface area contributed by atoms with Crippen LogP contribution in [-0.2, 0) is 15.8 Å². The molecule has 6 nitrogen and oxygen atoms in total. The summed E-state index contributed by atoms with van der Waals surface area (Å²) in [5.74, 6) is 0.864. The maximum Gasteiger partial charge on any atom is 0.255 e. The first-order valence-electron chi connectivity index (χ1n) is 9.53. The van der Waals surface area contributed by atoms with Crippen LogP contribution < -0.4 is 10.1 Å². The molecule has 0 saturated carbocycles. The zero-order valence-corrected chi connectivity index (χ0v) is 18.9. The summed E-state index contributed by atoms with van der Waals surface area (Å²) in [5.41, 5.74) is 2.05. The molecule has 0 aliphatic heterocycles. The molecule has 8 heteroatoms. The van der Waals surface area contributed by atoms with Gasteiger partial charge in [-0.25, -0.2) is 8.42 Å². The van der Waals surface area contributed by atoms with Crippen LogP contribution in [0.25, 0.3) is 0 Å². The summed E-state index contributed by atoms with van der Waals surface area (Å²) in [7, 11) is -3.73. The van der Waals surface area contributed by atoms with Gasteiger partial charge in [-0.05, 0) is 49.1 Å². The van der Waals surface area contributed by atoms with Crippen molar-refractivity contribution in [3.05, 3.63) is 53.6 Å². The summed E-state index contributed by atoms with van der Waals surface area (Å²) in [4.78, 5) is 12.6. The van der Waals surface area contributed by atoms with E-state index in [9.17, 15) is 13.2 Å². The van der Waals surface area contributed by atoms with Gasteiger partial charge in [0.2, 0.25) is 10.0 Å². The van der Waals surface area contributed by atoms with Gasteiger partial charge in [0.15, 0.2) is 0 Å². The van der Waals surface area contributed by atoms with E-state index < -0.39 is 10.0 Å². The molecule has 0 saturated heterocycles. The maximum absolute atomic E-state index is 13.0. The fraction of sp³-hybridized carbons (Fsp3) is 0.381. The number of ether oxygens (including phenoxy) is 1. The second-order valence-electron chi connectivity index (χ2n) is 6.27. The monoisotopic (exact) mass is 436 g/mol. The van der Waals surface area contributed by atoms with Crippen molar-refractivity contribution in [1.29, 1.82) is 0 Å². The first kappa shape index (κ1) is 23.3. The number of hydrogen-bond donors (Lipinski definition) is 1. The van der Waals surface area contributed by atoms with Crippen LogP contribution in [0.3, 0.4) is 0 Å². The topological polar surface area (TPSA) is 75.7 Å². The Kier molecular flexibility index (Phi) is 8.55. The highest BCUT2D eigenvalue weighted by Gasteiger charge is 2.26. The minimum Gasteiger partial charge on any atom is -0.492 e. The average molecular weight is 437 g/mol. The van der Waals surface area contributed by atoms with E-state index in [0.29, 0.717) is 30.9 Å². The van der Waals surface area contributed by atoms with Crippen molar-refractivity contribution in [2.45, 2.75) is 31.4 Å². The van der Waals surface area contributed by atoms with Crippen molar-refractivity contribution < 1.29 is 17.9 Å². The second kappa shape index (κ2) is 10.7. The van der Waals surface area contributed by atoms with Gasteiger partial charge in [0.05, 0.1) is 6.61 Å². The van der Waals surface area contributed by atoms with Gasteiger partial charge in [-0.1, -0.05) is 26.0 Å². The van der Waals surface area contributed by atoms with Crippen molar-refractivity contribution in [3.63, 3.8) is 0 Å². The Morgan fingerprint density at radius 3 is 2.28 bits per heavy atom. The van der Waals surface area contributed by atoms with E-state index in [0.717, 1.165) is 11.3 Å². The largest absolute Gasteiger partial charge is 0.492 e. The standard InChI is InChI=1S/C21H28N2O4S2/c1-5-23(6-2)29(25,26)20-14-18(12-13-19(20)27-7-3)22-21(24)17-10-8-16(9-11-17)15-28-4/h8-14H,5-7,15H2,1-4H3,(H,22,24). The van der Waals surface area contributed by atoms with E-state index in [-0.39, 0.29) is 16.6 Å². The third-order valence-corrected chi connectivity index (χ3v) is 7.04. The highest BCUT2D eigenvalue weighted by molar-refractivity contribution is 7.97.